The van der Waals surface area contributed by atoms with Gasteiger partial charge in [-0.1, -0.05) is 24.6 Å². The van der Waals surface area contributed by atoms with Crippen LogP contribution in [0.15, 0.2) is 42.7 Å². The van der Waals surface area contributed by atoms with Crippen molar-refractivity contribution in [2.45, 2.75) is 70.9 Å². The summed E-state index contributed by atoms with van der Waals surface area (Å²) < 4.78 is 7.89. The predicted octanol–water partition coefficient (Wildman–Crippen LogP) is 3.58. The van der Waals surface area contributed by atoms with Crippen molar-refractivity contribution in [2.75, 3.05) is 19.7 Å². The molecule has 0 aliphatic carbocycles. The van der Waals surface area contributed by atoms with E-state index in [0.29, 0.717) is 26.1 Å². The average molecular weight is 453 g/mol. The third-order valence-corrected chi connectivity index (χ3v) is 7.08. The molecule has 2 aliphatic heterocycles. The summed E-state index contributed by atoms with van der Waals surface area (Å²) in [5, 5.41) is 7.40. The van der Waals surface area contributed by atoms with Gasteiger partial charge in [0.25, 0.3) is 0 Å². The smallest absolute Gasteiger partial charge is 0.226 e. The van der Waals surface area contributed by atoms with Gasteiger partial charge in [0.1, 0.15) is 12.4 Å². The van der Waals surface area contributed by atoms with Crippen molar-refractivity contribution in [3.63, 3.8) is 0 Å². The summed E-state index contributed by atoms with van der Waals surface area (Å²) in [5.41, 5.74) is 0.847. The third-order valence-electron chi connectivity index (χ3n) is 7.08. The molecule has 178 valence electrons. The van der Waals surface area contributed by atoms with E-state index in [2.05, 4.69) is 22.5 Å². The largest absolute Gasteiger partial charge is 0.491 e. The van der Waals surface area contributed by atoms with Crippen LogP contribution in [0, 0.1) is 5.41 Å². The minimum Gasteiger partial charge on any atom is -0.491 e. The van der Waals surface area contributed by atoms with E-state index >= 15 is 0 Å². The minimum absolute atomic E-state index is 0.0659. The van der Waals surface area contributed by atoms with Gasteiger partial charge in [0.2, 0.25) is 11.8 Å². The molecule has 0 unspecified atom stereocenters. The lowest BCUT2D eigenvalue weighted by Gasteiger charge is -2.41. The van der Waals surface area contributed by atoms with E-state index in [1.165, 1.54) is 5.56 Å². The van der Waals surface area contributed by atoms with Crippen LogP contribution in [0.5, 0.6) is 5.75 Å². The lowest BCUT2D eigenvalue weighted by atomic mass is 9.73. The maximum atomic E-state index is 13.4. The van der Waals surface area contributed by atoms with Gasteiger partial charge < -0.3 is 15.0 Å². The van der Waals surface area contributed by atoms with Crippen molar-refractivity contribution < 1.29 is 14.3 Å². The van der Waals surface area contributed by atoms with Gasteiger partial charge in [-0.2, -0.15) is 5.10 Å². The zero-order chi connectivity index (χ0) is 23.1. The molecule has 2 aromatic rings. The number of carbonyl (C=O) groups is 2. The second-order valence-corrected chi connectivity index (χ2v) is 9.53. The monoisotopic (exact) mass is 452 g/mol. The van der Waals surface area contributed by atoms with E-state index < -0.39 is 5.41 Å². The number of hydrogen-bond acceptors (Lipinski definition) is 4. The molecule has 0 radical (unpaired) electrons. The van der Waals surface area contributed by atoms with E-state index in [4.69, 9.17) is 4.74 Å². The third kappa shape index (κ3) is 5.95. The topological polar surface area (TPSA) is 76.5 Å². The number of likely N-dealkylation sites (tertiary alicyclic amines) is 1. The maximum absolute atomic E-state index is 13.4. The SMILES string of the molecule is C[C@@H]1COc2ccccc2CCCCC2(CCN(C(=O)CCCn3cccn3)CC2)C(=O)N1. The van der Waals surface area contributed by atoms with Gasteiger partial charge in [-0.05, 0) is 63.1 Å². The van der Waals surface area contributed by atoms with E-state index in [1.54, 1.807) is 6.20 Å². The molecule has 1 saturated heterocycles. The Morgan fingerprint density at radius 1 is 1.18 bits per heavy atom. The second kappa shape index (κ2) is 10.9. The number of piperidine rings is 1. The number of aryl methyl sites for hydroxylation is 2. The highest BCUT2D eigenvalue weighted by Crippen LogP contribution is 2.38. The zero-order valence-electron chi connectivity index (χ0n) is 19.7. The van der Waals surface area contributed by atoms with Gasteiger partial charge in [-0.3, -0.25) is 14.3 Å². The van der Waals surface area contributed by atoms with Crippen LogP contribution >= 0.6 is 0 Å². The van der Waals surface area contributed by atoms with Gasteiger partial charge >= 0.3 is 0 Å². The summed E-state index contributed by atoms with van der Waals surface area (Å²) in [6.45, 7) is 4.52. The molecule has 7 heteroatoms. The predicted molar refractivity (Wildman–Crippen MR) is 127 cm³/mol. The Hall–Kier alpha value is -2.83. The number of benzene rings is 1. The Bertz CT molecular complexity index is 919. The fourth-order valence-electron chi connectivity index (χ4n) is 5.02. The van der Waals surface area contributed by atoms with Crippen molar-refractivity contribution in [1.29, 1.82) is 0 Å². The molecule has 1 spiro atoms. The number of aromatic nitrogens is 2. The molecule has 0 bridgehead atoms. The Kier molecular flexibility index (Phi) is 7.68. The molecule has 1 atom stereocenters. The van der Waals surface area contributed by atoms with Crippen molar-refractivity contribution in [3.05, 3.63) is 48.3 Å². The Labute approximate surface area is 196 Å². The van der Waals surface area contributed by atoms with Crippen molar-refractivity contribution in [2.24, 2.45) is 5.41 Å². The number of hydrogen-bond donors (Lipinski definition) is 1. The van der Waals surface area contributed by atoms with Crippen molar-refractivity contribution >= 4 is 11.8 Å². The van der Waals surface area contributed by atoms with Crippen LogP contribution in [-0.4, -0.2) is 52.2 Å². The number of carbonyl (C=O) groups excluding carboxylic acids is 2. The van der Waals surface area contributed by atoms with Crippen LogP contribution in [0.25, 0.3) is 0 Å². The highest BCUT2D eigenvalue weighted by molar-refractivity contribution is 5.83. The summed E-state index contributed by atoms with van der Waals surface area (Å²) in [5.74, 6) is 1.23. The van der Waals surface area contributed by atoms with E-state index in [9.17, 15) is 9.59 Å². The number of rotatable bonds is 4. The number of ether oxygens (including phenoxy) is 1. The van der Waals surface area contributed by atoms with Gasteiger partial charge in [-0.25, -0.2) is 0 Å². The highest BCUT2D eigenvalue weighted by Gasteiger charge is 2.42. The van der Waals surface area contributed by atoms with Crippen molar-refractivity contribution in [1.82, 2.24) is 20.0 Å². The zero-order valence-corrected chi connectivity index (χ0v) is 19.7. The molecule has 7 nitrogen and oxygen atoms in total. The van der Waals surface area contributed by atoms with Crippen LogP contribution in [-0.2, 0) is 22.6 Å². The summed E-state index contributed by atoms with van der Waals surface area (Å²) in [7, 11) is 0. The van der Waals surface area contributed by atoms with Gasteiger partial charge in [0.05, 0.1) is 11.5 Å². The molecule has 3 heterocycles. The molecule has 2 amide bonds. The highest BCUT2D eigenvalue weighted by atomic mass is 16.5. The normalized spacial score (nSPS) is 21.3. The van der Waals surface area contributed by atoms with Crippen LogP contribution in [0.3, 0.4) is 0 Å². The molecule has 0 saturated carbocycles. The van der Waals surface area contributed by atoms with Crippen LogP contribution in [0.4, 0.5) is 0 Å². The summed E-state index contributed by atoms with van der Waals surface area (Å²) in [4.78, 5) is 28.0. The minimum atomic E-state index is -0.390. The molecule has 2 aliphatic rings. The summed E-state index contributed by atoms with van der Waals surface area (Å²) in [6, 6.07) is 10.0. The van der Waals surface area contributed by atoms with Gasteiger partial charge in [0.15, 0.2) is 0 Å². The maximum Gasteiger partial charge on any atom is 0.226 e. The molecule has 4 rings (SSSR count). The lowest BCUT2D eigenvalue weighted by molar-refractivity contribution is -0.141. The van der Waals surface area contributed by atoms with Crippen LogP contribution in [0.1, 0.15) is 57.4 Å². The standard InChI is InChI=1S/C26H36N4O3/c1-21-20-33-23-10-3-2-8-22(23)9-4-5-12-26(25(32)28-21)13-18-29(19-14-26)24(31)11-6-16-30-17-7-15-27-30/h2-3,7-8,10,15,17,21H,4-6,9,11-14,16,18-20H2,1H3,(H,28,32)/t21-/m1/s1. The van der Waals surface area contributed by atoms with Gasteiger partial charge in [-0.15, -0.1) is 0 Å². The van der Waals surface area contributed by atoms with Crippen LogP contribution < -0.4 is 10.1 Å². The molecular formula is C26H36N4O3. The van der Waals surface area contributed by atoms with E-state index in [-0.39, 0.29) is 17.9 Å². The molecule has 33 heavy (non-hydrogen) atoms. The molecule has 1 aromatic carbocycles. The van der Waals surface area contributed by atoms with E-state index in [0.717, 1.165) is 57.2 Å². The first-order valence-corrected chi connectivity index (χ1v) is 12.3. The quantitative estimate of drug-likeness (QED) is 0.769. The summed E-state index contributed by atoms with van der Waals surface area (Å²) >= 11 is 0. The first-order chi connectivity index (χ1) is 16.1. The number of para-hydroxylation sites is 1. The average Bonchev–Trinajstić information content (AvgIpc) is 3.34. The Balaban J connectivity index is 1.34. The molecule has 1 N–H and O–H groups in total. The lowest BCUT2D eigenvalue weighted by Crippen LogP contribution is -2.52. The number of nitrogens with zero attached hydrogens (tertiary/aromatic N) is 3. The number of amides is 2. The van der Waals surface area contributed by atoms with Gasteiger partial charge in [0, 0.05) is 38.4 Å². The fraction of sp³-hybridized carbons (Fsp3) is 0.577. The van der Waals surface area contributed by atoms with Crippen LogP contribution in [0.2, 0.25) is 0 Å². The first kappa shape index (κ1) is 23.3. The Morgan fingerprint density at radius 3 is 2.79 bits per heavy atom. The molecular weight excluding hydrogens is 416 g/mol. The summed E-state index contributed by atoms with van der Waals surface area (Å²) in [6.07, 6.45) is 10.3. The fourth-order valence-corrected chi connectivity index (χ4v) is 5.02. The first-order valence-electron chi connectivity index (χ1n) is 12.3. The van der Waals surface area contributed by atoms with Crippen molar-refractivity contribution in [3.8, 4) is 5.75 Å². The Morgan fingerprint density at radius 2 is 2.00 bits per heavy atom. The molecule has 1 fully saturated rings. The number of fused-ring (bicyclic) bond motifs is 1. The van der Waals surface area contributed by atoms with E-state index in [1.807, 2.05) is 40.9 Å². The molecule has 1 aromatic heterocycles. The number of nitrogens with one attached hydrogen (secondary N) is 1. The second-order valence-electron chi connectivity index (χ2n) is 9.53.